The first-order valence-corrected chi connectivity index (χ1v) is 18.8. The van der Waals surface area contributed by atoms with Gasteiger partial charge in [0, 0.05) is 25.3 Å². The molecule has 7 aromatic rings. The number of allylic oxidation sites excluding steroid dienone is 1. The molecular weight excluding hydrogens is 629 g/mol. The molecule has 0 N–H and O–H groups in total. The molecule has 2 heteroatoms. The van der Waals surface area contributed by atoms with Crippen molar-refractivity contribution < 1.29 is 0 Å². The van der Waals surface area contributed by atoms with E-state index in [1.54, 1.807) is 0 Å². The zero-order chi connectivity index (χ0) is 33.0. The molecule has 0 saturated heterocycles. The molecule has 1 aromatic heterocycles. The van der Waals surface area contributed by atoms with E-state index in [1.807, 2.05) is 23.1 Å². The lowest BCUT2D eigenvalue weighted by atomic mass is 9.80. The lowest BCUT2D eigenvalue weighted by Crippen LogP contribution is -2.15. The van der Waals surface area contributed by atoms with Gasteiger partial charge in [-0.05, 0) is 110 Å². The van der Waals surface area contributed by atoms with Gasteiger partial charge in [-0.15, -0.1) is 23.1 Å². The van der Waals surface area contributed by atoms with Crippen LogP contribution in [-0.2, 0) is 5.41 Å². The number of thioether (sulfide) groups is 1. The average molecular weight is 665 g/mol. The van der Waals surface area contributed by atoms with Crippen molar-refractivity contribution in [1.29, 1.82) is 0 Å². The molecule has 0 bridgehead atoms. The highest BCUT2D eigenvalue weighted by atomic mass is 32.2. The van der Waals surface area contributed by atoms with Crippen LogP contribution >= 0.6 is 23.1 Å². The molecule has 49 heavy (non-hydrogen) atoms. The van der Waals surface area contributed by atoms with Crippen LogP contribution in [0.5, 0.6) is 0 Å². The van der Waals surface area contributed by atoms with E-state index in [1.165, 1.54) is 81.4 Å². The van der Waals surface area contributed by atoms with Crippen molar-refractivity contribution in [3.8, 4) is 54.3 Å². The predicted molar refractivity (Wildman–Crippen MR) is 213 cm³/mol. The fourth-order valence-corrected chi connectivity index (χ4v) is 9.83. The molecule has 0 spiro atoms. The van der Waals surface area contributed by atoms with Crippen LogP contribution in [0.1, 0.15) is 47.8 Å². The largest absolute Gasteiger partial charge is 0.135 e. The Labute approximate surface area is 297 Å². The fourth-order valence-electron chi connectivity index (χ4n) is 7.57. The molecule has 2 aliphatic rings. The van der Waals surface area contributed by atoms with Crippen LogP contribution in [-0.4, -0.2) is 0 Å². The number of rotatable bonds is 6. The highest BCUT2D eigenvalue weighted by Gasteiger charge is 2.36. The summed E-state index contributed by atoms with van der Waals surface area (Å²) in [5, 5.41) is 0.495. The molecule has 0 nitrogen and oxygen atoms in total. The average Bonchev–Trinajstić information content (AvgIpc) is 3.91. The number of fused-ring (bicyclic) bond motifs is 3. The Morgan fingerprint density at radius 1 is 0.469 bits per heavy atom. The van der Waals surface area contributed by atoms with Crippen LogP contribution in [0.4, 0.5) is 0 Å². The van der Waals surface area contributed by atoms with Crippen molar-refractivity contribution >= 4 is 28.0 Å². The minimum absolute atomic E-state index is 0.100. The minimum Gasteiger partial charge on any atom is -0.135 e. The molecule has 1 atom stereocenters. The Morgan fingerprint density at radius 2 is 0.980 bits per heavy atom. The Hall–Kier alpha value is -4.89. The van der Waals surface area contributed by atoms with E-state index in [0.717, 1.165) is 6.42 Å². The first-order valence-electron chi connectivity index (χ1n) is 17.1. The SMILES string of the molecule is CC1(C)c2cc(-c3cccc(C4=CCC(c5ccccc5)S4)c3)ccc2-c2ccc(-c3cccc(-c4ccc(-c5ccccc5)s4)c3)cc21. The topological polar surface area (TPSA) is 0 Å². The minimum atomic E-state index is -0.100. The normalized spacial score (nSPS) is 15.9. The van der Waals surface area contributed by atoms with Gasteiger partial charge in [-0.2, -0.15) is 0 Å². The number of hydrogen-bond donors (Lipinski definition) is 0. The summed E-state index contributed by atoms with van der Waals surface area (Å²) in [5.74, 6) is 0. The van der Waals surface area contributed by atoms with Crippen LogP contribution in [0.15, 0.2) is 164 Å². The van der Waals surface area contributed by atoms with E-state index in [9.17, 15) is 0 Å². The molecule has 2 heterocycles. The molecule has 0 amide bonds. The molecule has 1 aliphatic carbocycles. The molecule has 6 aromatic carbocycles. The predicted octanol–water partition coefficient (Wildman–Crippen LogP) is 13.9. The Bertz CT molecular complexity index is 2360. The van der Waals surface area contributed by atoms with E-state index in [2.05, 4.69) is 178 Å². The highest BCUT2D eigenvalue weighted by Crippen LogP contribution is 2.52. The van der Waals surface area contributed by atoms with Gasteiger partial charge < -0.3 is 0 Å². The first-order chi connectivity index (χ1) is 24.0. The zero-order valence-corrected chi connectivity index (χ0v) is 29.3. The quantitative estimate of drug-likeness (QED) is 0.170. The second kappa shape index (κ2) is 12.2. The summed E-state index contributed by atoms with van der Waals surface area (Å²) in [6.07, 6.45) is 3.49. The number of thiophene rings is 1. The van der Waals surface area contributed by atoms with Crippen LogP contribution in [0.25, 0.3) is 59.2 Å². The molecule has 1 unspecified atom stereocenters. The van der Waals surface area contributed by atoms with Gasteiger partial charge >= 0.3 is 0 Å². The van der Waals surface area contributed by atoms with Crippen molar-refractivity contribution in [3.63, 3.8) is 0 Å². The van der Waals surface area contributed by atoms with Crippen molar-refractivity contribution in [2.45, 2.75) is 30.9 Å². The molecular formula is C47H36S2. The third-order valence-electron chi connectivity index (χ3n) is 10.3. The Balaban J connectivity index is 0.993. The third-order valence-corrected chi connectivity index (χ3v) is 12.8. The van der Waals surface area contributed by atoms with E-state index in [0.29, 0.717) is 5.25 Å². The van der Waals surface area contributed by atoms with E-state index < -0.39 is 0 Å². The lowest BCUT2D eigenvalue weighted by Gasteiger charge is -2.23. The summed E-state index contributed by atoms with van der Waals surface area (Å²) in [7, 11) is 0. The first kappa shape index (κ1) is 30.2. The lowest BCUT2D eigenvalue weighted by molar-refractivity contribution is 0.661. The summed E-state index contributed by atoms with van der Waals surface area (Å²) < 4.78 is 0. The van der Waals surface area contributed by atoms with Gasteiger partial charge in [0.25, 0.3) is 0 Å². The van der Waals surface area contributed by atoms with E-state index in [4.69, 9.17) is 0 Å². The second-order valence-corrected chi connectivity index (χ2v) is 16.0. The van der Waals surface area contributed by atoms with Crippen molar-refractivity contribution in [2.24, 2.45) is 0 Å². The van der Waals surface area contributed by atoms with E-state index in [-0.39, 0.29) is 5.41 Å². The van der Waals surface area contributed by atoms with Gasteiger partial charge in [-0.3, -0.25) is 0 Å². The smallest absolute Gasteiger partial charge is 0.0379 e. The monoisotopic (exact) mass is 664 g/mol. The van der Waals surface area contributed by atoms with Gasteiger partial charge in [-0.1, -0.05) is 141 Å². The van der Waals surface area contributed by atoms with Gasteiger partial charge in [0.2, 0.25) is 0 Å². The van der Waals surface area contributed by atoms with E-state index >= 15 is 0 Å². The maximum atomic E-state index is 2.44. The molecule has 0 radical (unpaired) electrons. The Kier molecular flexibility index (Phi) is 7.53. The molecule has 9 rings (SSSR count). The van der Waals surface area contributed by atoms with Crippen LogP contribution in [0, 0.1) is 0 Å². The maximum absolute atomic E-state index is 2.44. The van der Waals surface area contributed by atoms with Crippen LogP contribution in [0.2, 0.25) is 0 Å². The van der Waals surface area contributed by atoms with Gasteiger partial charge in [-0.25, -0.2) is 0 Å². The van der Waals surface area contributed by atoms with Gasteiger partial charge in [0.15, 0.2) is 0 Å². The molecule has 236 valence electrons. The highest BCUT2D eigenvalue weighted by molar-refractivity contribution is 8.08. The van der Waals surface area contributed by atoms with Crippen LogP contribution < -0.4 is 0 Å². The summed E-state index contributed by atoms with van der Waals surface area (Å²) in [6.45, 7) is 4.77. The number of hydrogen-bond acceptors (Lipinski definition) is 2. The second-order valence-electron chi connectivity index (χ2n) is 13.7. The summed E-state index contributed by atoms with van der Waals surface area (Å²) in [5.41, 5.74) is 15.8. The van der Waals surface area contributed by atoms with Gasteiger partial charge in [0.1, 0.15) is 0 Å². The Morgan fingerprint density at radius 3 is 1.63 bits per heavy atom. The van der Waals surface area contributed by atoms with Crippen molar-refractivity contribution in [2.75, 3.05) is 0 Å². The fraction of sp³-hybridized carbons (Fsp3) is 0.106. The molecule has 0 saturated carbocycles. The summed E-state index contributed by atoms with van der Waals surface area (Å²) >= 11 is 3.85. The molecule has 0 fully saturated rings. The van der Waals surface area contributed by atoms with Crippen molar-refractivity contribution in [3.05, 3.63) is 186 Å². The number of benzene rings is 6. The zero-order valence-electron chi connectivity index (χ0n) is 27.7. The third kappa shape index (κ3) is 5.50. The summed E-state index contributed by atoms with van der Waals surface area (Å²) in [6, 6.07) is 58.4. The molecule has 1 aliphatic heterocycles. The van der Waals surface area contributed by atoms with Crippen molar-refractivity contribution in [1.82, 2.24) is 0 Å². The standard InChI is InChI=1S/C47H36S2/c1-47(2)41-29-35(33-15-9-17-37(27-33)45-25-23-43(48-45)31-11-5-3-6-12-31)19-21-39(41)40-22-20-36(30-42(40)47)34-16-10-18-38(28-34)46-26-24-44(49-46)32-13-7-4-8-14-32/h3-23,25-30,44H,24H2,1-2H3. The maximum Gasteiger partial charge on any atom is 0.0379 e. The van der Waals surface area contributed by atoms with Gasteiger partial charge in [0.05, 0.1) is 0 Å². The van der Waals surface area contributed by atoms with Crippen LogP contribution in [0.3, 0.4) is 0 Å². The summed E-state index contributed by atoms with van der Waals surface area (Å²) in [4.78, 5) is 3.98.